The van der Waals surface area contributed by atoms with E-state index in [2.05, 4.69) is 42.2 Å². The number of benzene rings is 1. The van der Waals surface area contributed by atoms with Crippen LogP contribution in [0.5, 0.6) is 0 Å². The minimum Gasteiger partial charge on any atom is -0.370 e. The Kier molecular flexibility index (Phi) is 5.92. The van der Waals surface area contributed by atoms with Crippen molar-refractivity contribution >= 4 is 22.5 Å². The van der Waals surface area contributed by atoms with Crippen LogP contribution in [-0.2, 0) is 0 Å². The quantitative estimate of drug-likeness (QED) is 0.636. The van der Waals surface area contributed by atoms with Crippen LogP contribution in [0.4, 0.5) is 16.2 Å². The Morgan fingerprint density at radius 2 is 1.71 bits per heavy atom. The van der Waals surface area contributed by atoms with Gasteiger partial charge in [0.15, 0.2) is 5.82 Å². The zero-order chi connectivity index (χ0) is 19.2. The van der Waals surface area contributed by atoms with E-state index in [1.165, 1.54) is 23.2 Å². The molecule has 0 bridgehead atoms. The lowest BCUT2D eigenvalue weighted by atomic mass is 10.1. The van der Waals surface area contributed by atoms with Gasteiger partial charge in [-0.3, -0.25) is 4.90 Å². The molecule has 6 nitrogen and oxygen atoms in total. The number of aromatic nitrogens is 3. The Morgan fingerprint density at radius 1 is 0.929 bits per heavy atom. The first-order valence-electron chi connectivity index (χ1n) is 9.82. The van der Waals surface area contributed by atoms with E-state index in [1.807, 2.05) is 24.4 Å². The number of anilines is 2. The third-order valence-corrected chi connectivity index (χ3v) is 5.13. The topological polar surface area (TPSA) is 57.2 Å². The summed E-state index contributed by atoms with van der Waals surface area (Å²) in [6.45, 7) is 5.73. The molecule has 1 aromatic carbocycles. The second-order valence-electron chi connectivity index (χ2n) is 7.04. The number of unbranched alkanes of at least 4 members (excludes halogenated alkanes) is 1. The Hall–Kier alpha value is -2.80. The predicted octanol–water partition coefficient (Wildman–Crippen LogP) is 3.18. The van der Waals surface area contributed by atoms with E-state index in [0.717, 1.165) is 57.9 Å². The molecule has 1 saturated heterocycles. The lowest BCUT2D eigenvalue weighted by molar-refractivity contribution is 0.252. The van der Waals surface area contributed by atoms with Gasteiger partial charge in [-0.2, -0.15) is 0 Å². The molecule has 0 saturated carbocycles. The summed E-state index contributed by atoms with van der Waals surface area (Å²) >= 11 is 0. The van der Waals surface area contributed by atoms with Crippen molar-refractivity contribution in [3.05, 3.63) is 54.7 Å². The van der Waals surface area contributed by atoms with Crippen molar-refractivity contribution in [2.75, 3.05) is 49.5 Å². The highest BCUT2D eigenvalue weighted by Gasteiger charge is 2.18. The van der Waals surface area contributed by atoms with Crippen molar-refractivity contribution in [1.29, 1.82) is 0 Å². The highest BCUT2D eigenvalue weighted by molar-refractivity contribution is 5.91. The normalized spacial score (nSPS) is 15.1. The number of nitrogens with zero attached hydrogens (tertiary/aromatic N) is 5. The zero-order valence-electron chi connectivity index (χ0n) is 15.9. The third kappa shape index (κ3) is 4.54. The number of nitrogens with one attached hydrogen (secondary N) is 1. The molecule has 0 amide bonds. The van der Waals surface area contributed by atoms with Crippen LogP contribution in [0.25, 0.3) is 10.8 Å². The fourth-order valence-electron chi connectivity index (χ4n) is 3.57. The average Bonchev–Trinajstić information content (AvgIpc) is 2.75. The molecule has 1 aliphatic rings. The van der Waals surface area contributed by atoms with Gasteiger partial charge in [-0.1, -0.05) is 24.3 Å². The van der Waals surface area contributed by atoms with Gasteiger partial charge in [0.1, 0.15) is 5.82 Å². The standard InChI is InChI=1S/C21H25FN6/c22-18-15-25-21(26-16-18)28-13-11-27(12-14-28)10-4-3-8-23-20-19-6-2-1-5-17(19)7-9-24-20/h1-2,5-7,9,15-16H,3-4,8,10-14H2,(H,23,24). The predicted molar refractivity (Wildman–Crippen MR) is 110 cm³/mol. The van der Waals surface area contributed by atoms with Gasteiger partial charge in [-0.05, 0) is 30.8 Å². The molecule has 0 aliphatic carbocycles. The van der Waals surface area contributed by atoms with Gasteiger partial charge < -0.3 is 10.2 Å². The van der Waals surface area contributed by atoms with Crippen LogP contribution in [0.2, 0.25) is 0 Å². The van der Waals surface area contributed by atoms with E-state index in [4.69, 9.17) is 0 Å². The lowest BCUT2D eigenvalue weighted by Crippen LogP contribution is -2.47. The molecule has 4 rings (SSSR count). The monoisotopic (exact) mass is 380 g/mol. The van der Waals surface area contributed by atoms with Crippen LogP contribution in [0.15, 0.2) is 48.9 Å². The van der Waals surface area contributed by atoms with Crippen molar-refractivity contribution in [2.24, 2.45) is 0 Å². The summed E-state index contributed by atoms with van der Waals surface area (Å²) in [6.07, 6.45) is 6.56. The maximum absolute atomic E-state index is 12.9. The lowest BCUT2D eigenvalue weighted by Gasteiger charge is -2.34. The molecule has 3 heterocycles. The van der Waals surface area contributed by atoms with Gasteiger partial charge in [0, 0.05) is 44.3 Å². The smallest absolute Gasteiger partial charge is 0.225 e. The van der Waals surface area contributed by atoms with Gasteiger partial charge in [0.05, 0.1) is 12.4 Å². The van der Waals surface area contributed by atoms with Crippen LogP contribution in [-0.4, -0.2) is 59.1 Å². The molecule has 1 aliphatic heterocycles. The van der Waals surface area contributed by atoms with E-state index in [1.54, 1.807) is 0 Å². The summed E-state index contributed by atoms with van der Waals surface area (Å²) in [5, 5.41) is 5.86. The second-order valence-corrected chi connectivity index (χ2v) is 7.04. The molecule has 2 aromatic heterocycles. The maximum Gasteiger partial charge on any atom is 0.225 e. The van der Waals surface area contributed by atoms with E-state index in [9.17, 15) is 4.39 Å². The van der Waals surface area contributed by atoms with E-state index in [0.29, 0.717) is 5.95 Å². The highest BCUT2D eigenvalue weighted by atomic mass is 19.1. The van der Waals surface area contributed by atoms with Crippen LogP contribution in [0, 0.1) is 5.82 Å². The molecule has 146 valence electrons. The average molecular weight is 380 g/mol. The molecular formula is C21H25FN6. The molecular weight excluding hydrogens is 355 g/mol. The summed E-state index contributed by atoms with van der Waals surface area (Å²) in [5.74, 6) is 1.19. The molecule has 7 heteroatoms. The fraction of sp³-hybridized carbons (Fsp3) is 0.381. The summed E-state index contributed by atoms with van der Waals surface area (Å²) in [6, 6.07) is 10.4. The van der Waals surface area contributed by atoms with Crippen LogP contribution >= 0.6 is 0 Å². The highest BCUT2D eigenvalue weighted by Crippen LogP contribution is 2.20. The molecule has 0 atom stereocenters. The minimum atomic E-state index is -0.394. The summed E-state index contributed by atoms with van der Waals surface area (Å²) < 4.78 is 12.9. The van der Waals surface area contributed by atoms with Crippen molar-refractivity contribution in [2.45, 2.75) is 12.8 Å². The van der Waals surface area contributed by atoms with Crippen LogP contribution < -0.4 is 10.2 Å². The minimum absolute atomic E-state index is 0.394. The van der Waals surface area contributed by atoms with Crippen molar-refractivity contribution < 1.29 is 4.39 Å². The zero-order valence-corrected chi connectivity index (χ0v) is 15.9. The SMILES string of the molecule is Fc1cnc(N2CCN(CCCCNc3nccc4ccccc34)CC2)nc1. The van der Waals surface area contributed by atoms with Gasteiger partial charge in [0.2, 0.25) is 5.95 Å². The first-order valence-corrected chi connectivity index (χ1v) is 9.82. The van der Waals surface area contributed by atoms with Gasteiger partial charge in [-0.15, -0.1) is 0 Å². The molecule has 28 heavy (non-hydrogen) atoms. The number of pyridine rings is 1. The van der Waals surface area contributed by atoms with Crippen molar-refractivity contribution in [1.82, 2.24) is 19.9 Å². The van der Waals surface area contributed by atoms with E-state index in [-0.39, 0.29) is 0 Å². The first kappa shape index (κ1) is 18.6. The summed E-state index contributed by atoms with van der Waals surface area (Å²) in [7, 11) is 0. The molecule has 0 spiro atoms. The maximum atomic E-state index is 12.9. The largest absolute Gasteiger partial charge is 0.370 e. The number of halogens is 1. The van der Waals surface area contributed by atoms with Crippen molar-refractivity contribution in [3.63, 3.8) is 0 Å². The summed E-state index contributed by atoms with van der Waals surface area (Å²) in [4.78, 5) is 17.2. The molecule has 3 aromatic rings. The molecule has 1 N–H and O–H groups in total. The van der Waals surface area contributed by atoms with Crippen molar-refractivity contribution in [3.8, 4) is 0 Å². The molecule has 0 unspecified atom stereocenters. The fourth-order valence-corrected chi connectivity index (χ4v) is 3.57. The number of piperazine rings is 1. The third-order valence-electron chi connectivity index (χ3n) is 5.13. The first-order chi connectivity index (χ1) is 13.8. The second kappa shape index (κ2) is 8.93. The van der Waals surface area contributed by atoms with Crippen LogP contribution in [0.1, 0.15) is 12.8 Å². The van der Waals surface area contributed by atoms with Gasteiger partial charge in [0.25, 0.3) is 0 Å². The molecule has 0 radical (unpaired) electrons. The summed E-state index contributed by atoms with van der Waals surface area (Å²) in [5.41, 5.74) is 0. The Balaban J connectivity index is 1.17. The number of hydrogen-bond donors (Lipinski definition) is 1. The van der Waals surface area contributed by atoms with Gasteiger partial charge in [-0.25, -0.2) is 19.3 Å². The number of rotatable bonds is 7. The van der Waals surface area contributed by atoms with E-state index >= 15 is 0 Å². The molecule has 1 fully saturated rings. The van der Waals surface area contributed by atoms with E-state index < -0.39 is 5.82 Å². The number of fused-ring (bicyclic) bond motifs is 1. The Labute approximate surface area is 164 Å². The Bertz CT molecular complexity index is 888. The Morgan fingerprint density at radius 3 is 2.54 bits per heavy atom. The number of hydrogen-bond acceptors (Lipinski definition) is 6. The van der Waals surface area contributed by atoms with Gasteiger partial charge >= 0.3 is 0 Å². The van der Waals surface area contributed by atoms with Crippen LogP contribution in [0.3, 0.4) is 0 Å².